The molecule has 0 spiro atoms. The minimum absolute atomic E-state index is 0.120. The molecule has 0 amide bonds. The fourth-order valence-electron chi connectivity index (χ4n) is 5.11. The Morgan fingerprint density at radius 3 is 2.41 bits per heavy atom. The van der Waals surface area contributed by atoms with E-state index in [0.717, 1.165) is 55.7 Å². The molecular weight excluding hydrogens is 366 g/mol. The van der Waals surface area contributed by atoms with E-state index in [0.29, 0.717) is 37.4 Å². The van der Waals surface area contributed by atoms with Crippen LogP contribution in [0.4, 0.5) is 0 Å². The van der Waals surface area contributed by atoms with Crippen molar-refractivity contribution < 1.29 is 5.11 Å². The van der Waals surface area contributed by atoms with Gasteiger partial charge in [-0.05, 0) is 44.6 Å². The van der Waals surface area contributed by atoms with Crippen LogP contribution in [0.25, 0.3) is 0 Å². The van der Waals surface area contributed by atoms with E-state index in [9.17, 15) is 9.90 Å². The number of fused-ring (bicyclic) bond motifs is 2. The van der Waals surface area contributed by atoms with Gasteiger partial charge in [-0.25, -0.2) is 14.6 Å². The maximum Gasteiger partial charge on any atom is 0.266 e. The summed E-state index contributed by atoms with van der Waals surface area (Å²) in [6.07, 6.45) is 10.5. The second kappa shape index (κ2) is 7.29. The lowest BCUT2D eigenvalue weighted by Gasteiger charge is -2.43. The summed E-state index contributed by atoms with van der Waals surface area (Å²) >= 11 is 0. The predicted molar refractivity (Wildman–Crippen MR) is 108 cm³/mol. The van der Waals surface area contributed by atoms with Gasteiger partial charge >= 0.3 is 0 Å². The predicted octanol–water partition coefficient (Wildman–Crippen LogP) is 2.03. The van der Waals surface area contributed by atoms with E-state index in [1.807, 2.05) is 18.5 Å². The van der Waals surface area contributed by atoms with Crippen LogP contribution < -0.4 is 5.56 Å². The van der Waals surface area contributed by atoms with Crippen molar-refractivity contribution in [1.82, 2.24) is 24.6 Å². The van der Waals surface area contributed by atoms with Crippen molar-refractivity contribution in [2.75, 3.05) is 0 Å². The molecule has 2 saturated heterocycles. The van der Waals surface area contributed by atoms with Crippen LogP contribution in [0.1, 0.15) is 68.4 Å². The normalized spacial score (nSPS) is 29.3. The van der Waals surface area contributed by atoms with Gasteiger partial charge in [0, 0.05) is 55.0 Å². The van der Waals surface area contributed by atoms with Crippen molar-refractivity contribution in [1.29, 1.82) is 0 Å². The molecule has 3 aliphatic rings. The summed E-state index contributed by atoms with van der Waals surface area (Å²) in [5.74, 6) is 1.37. The third kappa shape index (κ3) is 3.85. The van der Waals surface area contributed by atoms with Crippen molar-refractivity contribution >= 4 is 0 Å². The molecule has 3 fully saturated rings. The Labute approximate surface area is 170 Å². The summed E-state index contributed by atoms with van der Waals surface area (Å²) < 4.78 is 1.50. The number of rotatable bonds is 6. The zero-order valence-corrected chi connectivity index (χ0v) is 17.0. The van der Waals surface area contributed by atoms with Gasteiger partial charge in [-0.2, -0.15) is 5.10 Å². The zero-order valence-electron chi connectivity index (χ0n) is 17.0. The third-order valence-corrected chi connectivity index (χ3v) is 6.77. The SMILES string of the molecule is CCc1ncc(CN2[C@@H]3CC[C@@H]2CC(O)(Cn2nc(C4CC4)ccc2=O)C3)cn1. The van der Waals surface area contributed by atoms with Crippen molar-refractivity contribution in [2.24, 2.45) is 0 Å². The molecule has 2 bridgehead atoms. The molecule has 154 valence electrons. The van der Waals surface area contributed by atoms with E-state index in [1.54, 1.807) is 6.07 Å². The Bertz CT molecular complexity index is 923. The number of nitrogens with zero attached hydrogens (tertiary/aromatic N) is 5. The van der Waals surface area contributed by atoms with Gasteiger partial charge in [0.15, 0.2) is 0 Å². The van der Waals surface area contributed by atoms with Gasteiger partial charge in [0.25, 0.3) is 5.56 Å². The minimum Gasteiger partial charge on any atom is -0.388 e. The quantitative estimate of drug-likeness (QED) is 0.806. The van der Waals surface area contributed by atoms with E-state index in [4.69, 9.17) is 0 Å². The molecule has 0 radical (unpaired) electrons. The highest BCUT2D eigenvalue weighted by Crippen LogP contribution is 2.42. The second-order valence-electron chi connectivity index (χ2n) is 9.08. The molecule has 7 heteroatoms. The second-order valence-corrected chi connectivity index (χ2v) is 9.08. The van der Waals surface area contributed by atoms with Gasteiger partial charge in [-0.15, -0.1) is 0 Å². The summed E-state index contributed by atoms with van der Waals surface area (Å²) in [6, 6.07) is 4.10. The topological polar surface area (TPSA) is 84.1 Å². The number of piperidine rings is 1. The molecule has 29 heavy (non-hydrogen) atoms. The Balaban J connectivity index is 1.30. The van der Waals surface area contributed by atoms with Crippen LogP contribution in [0.5, 0.6) is 0 Å². The van der Waals surface area contributed by atoms with Crippen LogP contribution in [0.15, 0.2) is 29.3 Å². The summed E-state index contributed by atoms with van der Waals surface area (Å²) in [5.41, 5.74) is 1.12. The molecule has 2 aromatic heterocycles. The van der Waals surface area contributed by atoms with Crippen LogP contribution in [0, 0.1) is 0 Å². The highest BCUT2D eigenvalue weighted by molar-refractivity contribution is 5.13. The van der Waals surface area contributed by atoms with Crippen LogP contribution in [-0.4, -0.2) is 47.4 Å². The summed E-state index contributed by atoms with van der Waals surface area (Å²) in [7, 11) is 0. The van der Waals surface area contributed by atoms with E-state index < -0.39 is 5.60 Å². The molecule has 0 aromatic carbocycles. The monoisotopic (exact) mass is 395 g/mol. The molecule has 1 N–H and O–H groups in total. The molecule has 0 unspecified atom stereocenters. The van der Waals surface area contributed by atoms with Crippen molar-refractivity contribution in [3.8, 4) is 0 Å². The Morgan fingerprint density at radius 1 is 1.10 bits per heavy atom. The average molecular weight is 396 g/mol. The average Bonchev–Trinajstić information content (AvgIpc) is 3.52. The third-order valence-electron chi connectivity index (χ3n) is 6.77. The highest BCUT2D eigenvalue weighted by atomic mass is 16.3. The molecule has 1 saturated carbocycles. The van der Waals surface area contributed by atoms with Gasteiger partial charge < -0.3 is 5.11 Å². The van der Waals surface area contributed by atoms with Crippen LogP contribution in [0.3, 0.4) is 0 Å². The lowest BCUT2D eigenvalue weighted by atomic mass is 9.85. The van der Waals surface area contributed by atoms with Crippen molar-refractivity contribution in [3.63, 3.8) is 0 Å². The van der Waals surface area contributed by atoms with E-state index in [1.165, 1.54) is 4.68 Å². The first kappa shape index (κ1) is 18.9. The highest BCUT2D eigenvalue weighted by Gasteiger charge is 2.47. The number of aryl methyl sites for hydroxylation is 1. The molecule has 2 atom stereocenters. The zero-order chi connectivity index (χ0) is 20.0. The van der Waals surface area contributed by atoms with Gasteiger partial charge in [-0.3, -0.25) is 9.69 Å². The first-order valence-electron chi connectivity index (χ1n) is 10.9. The van der Waals surface area contributed by atoms with Crippen molar-refractivity contribution in [2.45, 2.75) is 88.6 Å². The molecule has 2 aliphatic heterocycles. The smallest absolute Gasteiger partial charge is 0.266 e. The first-order valence-corrected chi connectivity index (χ1v) is 10.9. The fourth-order valence-corrected chi connectivity index (χ4v) is 5.11. The molecular formula is C22H29N5O2. The number of aromatic nitrogens is 4. The largest absolute Gasteiger partial charge is 0.388 e. The molecule has 7 nitrogen and oxygen atoms in total. The van der Waals surface area contributed by atoms with Crippen LogP contribution in [0.2, 0.25) is 0 Å². The number of hydrogen-bond donors (Lipinski definition) is 1. The van der Waals surface area contributed by atoms with E-state index >= 15 is 0 Å². The van der Waals surface area contributed by atoms with Gasteiger partial charge in [0.2, 0.25) is 0 Å². The van der Waals surface area contributed by atoms with Crippen molar-refractivity contribution in [3.05, 3.63) is 52.0 Å². The Morgan fingerprint density at radius 2 is 1.79 bits per heavy atom. The number of hydrogen-bond acceptors (Lipinski definition) is 6. The van der Waals surface area contributed by atoms with E-state index in [2.05, 4.69) is 26.9 Å². The molecule has 5 rings (SSSR count). The Hall–Kier alpha value is -2.12. The molecule has 4 heterocycles. The van der Waals surface area contributed by atoms with Crippen LogP contribution >= 0.6 is 0 Å². The van der Waals surface area contributed by atoms with Crippen LogP contribution in [-0.2, 0) is 19.5 Å². The molecule has 2 aromatic rings. The lowest BCUT2D eigenvalue weighted by molar-refractivity contribution is -0.0678. The maximum atomic E-state index is 12.3. The summed E-state index contributed by atoms with van der Waals surface area (Å²) in [5, 5.41) is 15.9. The molecule has 1 aliphatic carbocycles. The summed E-state index contributed by atoms with van der Waals surface area (Å²) in [4.78, 5) is 23.7. The van der Waals surface area contributed by atoms with Gasteiger partial charge in [0.1, 0.15) is 5.82 Å². The standard InChI is InChI=1S/C22H29N5O2/c1-2-20-23-11-15(12-24-20)13-26-17-5-6-18(26)10-22(29,9-17)14-27-21(28)8-7-19(25-27)16-3-4-16/h7-8,11-12,16-18,29H,2-6,9-10,13-14H2,1H3/t17-,18-/m1/s1. The fraction of sp³-hybridized carbons (Fsp3) is 0.636. The minimum atomic E-state index is -0.871. The van der Waals surface area contributed by atoms with Gasteiger partial charge in [-0.1, -0.05) is 6.92 Å². The summed E-state index contributed by atoms with van der Waals surface area (Å²) in [6.45, 7) is 3.17. The number of aliphatic hydroxyl groups is 1. The first-order chi connectivity index (χ1) is 14.0. The maximum absolute atomic E-state index is 12.3. The lowest BCUT2D eigenvalue weighted by Crippen LogP contribution is -2.53. The van der Waals surface area contributed by atoms with Gasteiger partial charge in [0.05, 0.1) is 17.8 Å². The van der Waals surface area contributed by atoms with E-state index in [-0.39, 0.29) is 5.56 Å². The Kier molecular flexibility index (Phi) is 4.75.